The number of aliphatic hydroxyl groups excluding tert-OH is 1. The number of rotatable bonds is 7. The third kappa shape index (κ3) is 3.08. The van der Waals surface area contributed by atoms with Gasteiger partial charge in [-0.15, -0.1) is 11.3 Å². The van der Waals surface area contributed by atoms with Gasteiger partial charge in [0.1, 0.15) is 9.77 Å². The van der Waals surface area contributed by atoms with Crippen LogP contribution in [-0.4, -0.2) is 48.6 Å². The molecule has 0 spiro atoms. The van der Waals surface area contributed by atoms with Gasteiger partial charge in [-0.3, -0.25) is 0 Å². The molecule has 2 N–H and O–H groups in total. The van der Waals surface area contributed by atoms with Crippen molar-refractivity contribution in [3.05, 3.63) is 16.3 Å². The average molecular weight is 293 g/mol. The first-order chi connectivity index (χ1) is 8.45. The zero-order valence-electron chi connectivity index (χ0n) is 9.87. The van der Waals surface area contributed by atoms with E-state index in [1.807, 2.05) is 0 Å². The van der Waals surface area contributed by atoms with Gasteiger partial charge in [0, 0.05) is 19.7 Å². The minimum atomic E-state index is -3.80. The molecule has 0 aliphatic heterocycles. The van der Waals surface area contributed by atoms with E-state index in [9.17, 15) is 13.2 Å². The Hall–Kier alpha value is -0.960. The Morgan fingerprint density at radius 3 is 2.67 bits per heavy atom. The quantitative estimate of drug-likeness (QED) is 0.776. The number of nitrogens with zero attached hydrogens (tertiary/aromatic N) is 1. The molecule has 1 aromatic heterocycles. The molecule has 1 heterocycles. The lowest BCUT2D eigenvalue weighted by Gasteiger charge is -2.19. The lowest BCUT2D eigenvalue weighted by Crippen LogP contribution is -2.32. The number of carbonyl (C=O) groups is 1. The normalized spacial score (nSPS) is 11.9. The molecule has 1 aromatic rings. The summed E-state index contributed by atoms with van der Waals surface area (Å²) in [5.41, 5.74) is 0. The van der Waals surface area contributed by atoms with Crippen LogP contribution >= 0.6 is 11.3 Å². The number of thiophene rings is 1. The van der Waals surface area contributed by atoms with Gasteiger partial charge in [-0.2, -0.15) is 4.31 Å². The van der Waals surface area contributed by atoms with E-state index in [-0.39, 0.29) is 29.5 Å². The molecule has 0 bridgehead atoms. The molecule has 0 saturated heterocycles. The van der Waals surface area contributed by atoms with E-state index in [2.05, 4.69) is 0 Å². The number of carboxylic acids is 1. The van der Waals surface area contributed by atoms with Crippen molar-refractivity contribution in [3.8, 4) is 0 Å². The first kappa shape index (κ1) is 15.1. The summed E-state index contributed by atoms with van der Waals surface area (Å²) < 4.78 is 25.7. The molecule has 0 amide bonds. The molecule has 0 fully saturated rings. The second-order valence-electron chi connectivity index (χ2n) is 3.49. The highest BCUT2D eigenvalue weighted by molar-refractivity contribution is 7.89. The number of carboxylic acid groups (broad SMARTS) is 1. The van der Waals surface area contributed by atoms with Gasteiger partial charge in [-0.05, 0) is 17.9 Å². The van der Waals surface area contributed by atoms with E-state index in [4.69, 9.17) is 10.2 Å². The fraction of sp³-hybridized carbons (Fsp3) is 0.500. The summed E-state index contributed by atoms with van der Waals surface area (Å²) in [6, 6.07) is 1.30. The fourth-order valence-electron chi connectivity index (χ4n) is 1.49. The molecule has 0 radical (unpaired) electrons. The maximum absolute atomic E-state index is 12.2. The first-order valence-electron chi connectivity index (χ1n) is 5.37. The molecule has 1 rings (SSSR count). The molecule has 8 heteroatoms. The number of hydrogen-bond donors (Lipinski definition) is 2. The molecule has 0 saturated carbocycles. The Kier molecular flexibility index (Phi) is 5.27. The summed E-state index contributed by atoms with van der Waals surface area (Å²) in [6.45, 7) is 1.96. The van der Waals surface area contributed by atoms with Crippen molar-refractivity contribution in [3.63, 3.8) is 0 Å². The second kappa shape index (κ2) is 6.28. The van der Waals surface area contributed by atoms with Crippen molar-refractivity contribution in [1.29, 1.82) is 0 Å². The Bertz CT molecular complexity index is 508. The highest BCUT2D eigenvalue weighted by atomic mass is 32.2. The van der Waals surface area contributed by atoms with Crippen LogP contribution in [0.15, 0.2) is 16.3 Å². The van der Waals surface area contributed by atoms with E-state index in [1.165, 1.54) is 11.4 Å². The lowest BCUT2D eigenvalue weighted by atomic mass is 10.4. The van der Waals surface area contributed by atoms with E-state index in [0.29, 0.717) is 6.42 Å². The monoisotopic (exact) mass is 293 g/mol. The van der Waals surface area contributed by atoms with Crippen molar-refractivity contribution >= 4 is 27.3 Å². The third-order valence-corrected chi connectivity index (χ3v) is 5.41. The van der Waals surface area contributed by atoms with Crippen LogP contribution in [0.1, 0.15) is 23.0 Å². The van der Waals surface area contributed by atoms with Crippen LogP contribution in [0, 0.1) is 0 Å². The highest BCUT2D eigenvalue weighted by Gasteiger charge is 2.28. The van der Waals surface area contributed by atoms with Gasteiger partial charge in [0.15, 0.2) is 0 Å². The van der Waals surface area contributed by atoms with E-state index < -0.39 is 16.0 Å². The van der Waals surface area contributed by atoms with Crippen molar-refractivity contribution in [1.82, 2.24) is 4.31 Å². The van der Waals surface area contributed by atoms with Gasteiger partial charge in [0.05, 0.1) is 0 Å². The lowest BCUT2D eigenvalue weighted by molar-refractivity contribution is 0.0698. The Morgan fingerprint density at radius 1 is 1.50 bits per heavy atom. The molecule has 102 valence electrons. The number of sulfonamides is 1. The van der Waals surface area contributed by atoms with Crippen LogP contribution in [0.4, 0.5) is 0 Å². The molecule has 0 aromatic carbocycles. The van der Waals surface area contributed by atoms with Crippen molar-refractivity contribution in [2.45, 2.75) is 18.2 Å². The summed E-state index contributed by atoms with van der Waals surface area (Å²) in [6.07, 6.45) is 0.319. The largest absolute Gasteiger partial charge is 0.477 e. The predicted octanol–water partition coefficient (Wildman–Crippen LogP) is 0.839. The van der Waals surface area contributed by atoms with E-state index in [1.54, 1.807) is 6.92 Å². The molecular formula is C10H15NO5S2. The SMILES string of the molecule is CCN(CCCO)S(=O)(=O)c1ccsc1C(=O)O. The topological polar surface area (TPSA) is 94.9 Å². The number of aliphatic hydroxyl groups is 1. The minimum Gasteiger partial charge on any atom is -0.477 e. The Balaban J connectivity index is 3.11. The smallest absolute Gasteiger partial charge is 0.347 e. The maximum Gasteiger partial charge on any atom is 0.347 e. The van der Waals surface area contributed by atoms with Gasteiger partial charge < -0.3 is 10.2 Å². The van der Waals surface area contributed by atoms with Crippen LogP contribution in [-0.2, 0) is 10.0 Å². The van der Waals surface area contributed by atoms with Crippen LogP contribution < -0.4 is 0 Å². The molecule has 0 atom stereocenters. The van der Waals surface area contributed by atoms with Gasteiger partial charge in [0.2, 0.25) is 10.0 Å². The van der Waals surface area contributed by atoms with Crippen LogP contribution in [0.5, 0.6) is 0 Å². The first-order valence-corrected chi connectivity index (χ1v) is 7.69. The standard InChI is InChI=1S/C10H15NO5S2/c1-2-11(5-3-6-12)18(15,16)8-4-7-17-9(8)10(13)14/h4,7,12H,2-3,5-6H2,1H3,(H,13,14). The fourth-order valence-corrected chi connectivity index (χ4v) is 4.21. The van der Waals surface area contributed by atoms with Crippen LogP contribution in [0.3, 0.4) is 0 Å². The zero-order chi connectivity index (χ0) is 13.8. The molecule has 18 heavy (non-hydrogen) atoms. The molecule has 0 aliphatic carbocycles. The van der Waals surface area contributed by atoms with E-state index in [0.717, 1.165) is 15.6 Å². The summed E-state index contributed by atoms with van der Waals surface area (Å²) in [5.74, 6) is -1.25. The molecule has 0 aliphatic rings. The predicted molar refractivity (Wildman–Crippen MR) is 67.4 cm³/mol. The summed E-state index contributed by atoms with van der Waals surface area (Å²) in [5, 5.41) is 19.1. The van der Waals surface area contributed by atoms with E-state index >= 15 is 0 Å². The van der Waals surface area contributed by atoms with Crippen LogP contribution in [0.25, 0.3) is 0 Å². The summed E-state index contributed by atoms with van der Waals surface area (Å²) in [7, 11) is -3.80. The van der Waals surface area contributed by atoms with Crippen molar-refractivity contribution in [2.24, 2.45) is 0 Å². The minimum absolute atomic E-state index is 0.110. The van der Waals surface area contributed by atoms with Crippen molar-refractivity contribution < 1.29 is 23.4 Å². The van der Waals surface area contributed by atoms with Crippen LogP contribution in [0.2, 0.25) is 0 Å². The van der Waals surface area contributed by atoms with Gasteiger partial charge >= 0.3 is 5.97 Å². The number of hydrogen-bond acceptors (Lipinski definition) is 5. The summed E-state index contributed by atoms with van der Waals surface area (Å²) in [4.78, 5) is 10.6. The summed E-state index contributed by atoms with van der Waals surface area (Å²) >= 11 is 0.881. The Morgan fingerprint density at radius 2 is 2.17 bits per heavy atom. The number of aromatic carboxylic acids is 1. The Labute approximate surface area is 110 Å². The second-order valence-corrected chi connectivity index (χ2v) is 6.32. The third-order valence-electron chi connectivity index (χ3n) is 2.36. The van der Waals surface area contributed by atoms with Gasteiger partial charge in [-0.25, -0.2) is 13.2 Å². The maximum atomic E-state index is 12.2. The van der Waals surface area contributed by atoms with Gasteiger partial charge in [0.25, 0.3) is 0 Å². The van der Waals surface area contributed by atoms with Crippen molar-refractivity contribution in [2.75, 3.05) is 19.7 Å². The molecule has 6 nitrogen and oxygen atoms in total. The molecule has 0 unspecified atom stereocenters. The highest BCUT2D eigenvalue weighted by Crippen LogP contribution is 2.25. The molecular weight excluding hydrogens is 278 g/mol. The zero-order valence-corrected chi connectivity index (χ0v) is 11.5. The van der Waals surface area contributed by atoms with Gasteiger partial charge in [-0.1, -0.05) is 6.92 Å². The average Bonchev–Trinajstić information content (AvgIpc) is 2.79.